The van der Waals surface area contributed by atoms with Gasteiger partial charge >= 0.3 is 0 Å². The molecule has 0 amide bonds. The maximum Gasteiger partial charge on any atom is 0.167 e. The highest BCUT2D eigenvalue weighted by atomic mass is 19.1. The van der Waals surface area contributed by atoms with Gasteiger partial charge in [0.2, 0.25) is 0 Å². The number of hydrogen-bond donors (Lipinski definition) is 1. The Morgan fingerprint density at radius 3 is 2.83 bits per heavy atom. The molecule has 0 saturated heterocycles. The van der Waals surface area contributed by atoms with Crippen molar-refractivity contribution in [2.45, 2.75) is 32.4 Å². The molecule has 1 saturated carbocycles. The zero-order valence-electron chi connectivity index (χ0n) is 10.2. The van der Waals surface area contributed by atoms with Gasteiger partial charge in [-0.3, -0.25) is 0 Å². The van der Waals surface area contributed by atoms with E-state index >= 15 is 0 Å². The largest absolute Gasteiger partial charge is 0.324 e. The van der Waals surface area contributed by atoms with E-state index in [-0.39, 0.29) is 5.82 Å². The summed E-state index contributed by atoms with van der Waals surface area (Å²) >= 11 is 0. The summed E-state index contributed by atoms with van der Waals surface area (Å²) < 4.78 is 16.1. The van der Waals surface area contributed by atoms with Gasteiger partial charge in [0.05, 0.1) is 12.1 Å². The molecule has 0 atom stereocenters. The van der Waals surface area contributed by atoms with Crippen molar-refractivity contribution < 1.29 is 4.39 Å². The minimum Gasteiger partial charge on any atom is -0.324 e. The summed E-state index contributed by atoms with van der Waals surface area (Å²) in [6.45, 7) is 2.08. The number of aryl methyl sites for hydroxylation is 1. The van der Waals surface area contributed by atoms with E-state index in [9.17, 15) is 4.39 Å². The quantitative estimate of drug-likeness (QED) is 0.903. The van der Waals surface area contributed by atoms with Crippen LogP contribution in [0.3, 0.4) is 0 Å². The van der Waals surface area contributed by atoms with E-state index < -0.39 is 0 Å². The van der Waals surface area contributed by atoms with Crippen LogP contribution < -0.4 is 5.73 Å². The third kappa shape index (κ3) is 1.71. The van der Waals surface area contributed by atoms with Crippen LogP contribution in [-0.2, 0) is 6.54 Å². The van der Waals surface area contributed by atoms with Crippen LogP contribution in [0.1, 0.15) is 30.3 Å². The highest BCUT2D eigenvalue weighted by molar-refractivity contribution is 5.58. The smallest absolute Gasteiger partial charge is 0.167 e. The van der Waals surface area contributed by atoms with Gasteiger partial charge in [-0.25, -0.2) is 4.39 Å². The van der Waals surface area contributed by atoms with Gasteiger partial charge in [-0.1, -0.05) is 12.1 Å². The van der Waals surface area contributed by atoms with Gasteiger partial charge in [-0.05, 0) is 31.4 Å². The summed E-state index contributed by atoms with van der Waals surface area (Å²) in [6.07, 6.45) is 2.18. The third-order valence-electron chi connectivity index (χ3n) is 3.29. The monoisotopic (exact) mass is 246 g/mol. The maximum atomic E-state index is 14.2. The molecule has 0 spiro atoms. The highest BCUT2D eigenvalue weighted by Crippen LogP contribution is 2.39. The molecule has 1 aliphatic carbocycles. The Morgan fingerprint density at radius 1 is 1.39 bits per heavy atom. The first-order valence-corrected chi connectivity index (χ1v) is 6.11. The van der Waals surface area contributed by atoms with E-state index in [1.807, 2.05) is 10.6 Å². The summed E-state index contributed by atoms with van der Waals surface area (Å²) in [7, 11) is 0. The molecule has 5 heteroatoms. The Morgan fingerprint density at radius 2 is 2.17 bits per heavy atom. The zero-order valence-corrected chi connectivity index (χ0v) is 10.2. The van der Waals surface area contributed by atoms with E-state index in [1.54, 1.807) is 19.1 Å². The molecular formula is C13H15FN4. The normalized spacial score (nSPS) is 15.1. The van der Waals surface area contributed by atoms with Gasteiger partial charge < -0.3 is 10.3 Å². The summed E-state index contributed by atoms with van der Waals surface area (Å²) in [4.78, 5) is 0. The molecule has 3 rings (SSSR count). The summed E-state index contributed by atoms with van der Waals surface area (Å²) in [5.41, 5.74) is 6.78. The second-order valence-corrected chi connectivity index (χ2v) is 4.68. The fourth-order valence-electron chi connectivity index (χ4n) is 2.18. The lowest BCUT2D eigenvalue weighted by Crippen LogP contribution is -2.08. The molecule has 0 radical (unpaired) electrons. The average molecular weight is 246 g/mol. The second-order valence-electron chi connectivity index (χ2n) is 4.68. The number of nitrogens with two attached hydrogens (primary N) is 1. The van der Waals surface area contributed by atoms with Crippen LogP contribution in [0.4, 0.5) is 4.39 Å². The summed E-state index contributed by atoms with van der Waals surface area (Å²) in [5.74, 6) is 1.10. The predicted octanol–water partition coefficient (Wildman–Crippen LogP) is 2.19. The number of aromatic nitrogens is 3. The van der Waals surface area contributed by atoms with Gasteiger partial charge in [0.15, 0.2) is 5.82 Å². The van der Waals surface area contributed by atoms with Crippen LogP contribution in [0.15, 0.2) is 18.2 Å². The molecule has 0 unspecified atom stereocenters. The molecule has 1 aliphatic rings. The Labute approximate surface area is 105 Å². The van der Waals surface area contributed by atoms with Gasteiger partial charge in [0.1, 0.15) is 11.6 Å². The fraction of sp³-hybridized carbons (Fsp3) is 0.385. The van der Waals surface area contributed by atoms with E-state index in [0.29, 0.717) is 29.5 Å². The molecule has 0 bridgehead atoms. The Bertz CT molecular complexity index is 587. The maximum absolute atomic E-state index is 14.2. The molecule has 0 aliphatic heterocycles. The van der Waals surface area contributed by atoms with E-state index in [4.69, 9.17) is 5.73 Å². The molecule has 4 nitrogen and oxygen atoms in total. The first kappa shape index (κ1) is 11.3. The van der Waals surface area contributed by atoms with E-state index in [0.717, 1.165) is 18.7 Å². The zero-order chi connectivity index (χ0) is 12.7. The first-order valence-electron chi connectivity index (χ1n) is 6.11. The second kappa shape index (κ2) is 4.17. The molecule has 1 aromatic carbocycles. The minimum atomic E-state index is -0.227. The van der Waals surface area contributed by atoms with Gasteiger partial charge in [-0.15, -0.1) is 10.2 Å². The van der Waals surface area contributed by atoms with Crippen LogP contribution >= 0.6 is 0 Å². The van der Waals surface area contributed by atoms with Gasteiger partial charge in [0.25, 0.3) is 0 Å². The molecule has 1 aromatic heterocycles. The number of rotatable bonds is 3. The number of nitrogens with zero attached hydrogens (tertiary/aromatic N) is 3. The number of hydrogen-bond acceptors (Lipinski definition) is 3. The summed E-state index contributed by atoms with van der Waals surface area (Å²) in [5, 5.41) is 8.18. The van der Waals surface area contributed by atoms with E-state index in [1.165, 1.54) is 0 Å². The Balaban J connectivity index is 2.17. The fourth-order valence-corrected chi connectivity index (χ4v) is 2.18. The Kier molecular flexibility index (Phi) is 2.63. The minimum absolute atomic E-state index is 0.227. The highest BCUT2D eigenvalue weighted by Gasteiger charge is 2.30. The van der Waals surface area contributed by atoms with Gasteiger partial charge in [-0.2, -0.15) is 0 Å². The topological polar surface area (TPSA) is 56.7 Å². The van der Waals surface area contributed by atoms with Crippen molar-refractivity contribution in [1.82, 2.24) is 14.8 Å². The molecular weight excluding hydrogens is 231 g/mol. The lowest BCUT2D eigenvalue weighted by atomic mass is 10.1. The lowest BCUT2D eigenvalue weighted by Gasteiger charge is -2.09. The van der Waals surface area contributed by atoms with Crippen molar-refractivity contribution in [3.05, 3.63) is 35.4 Å². The van der Waals surface area contributed by atoms with E-state index in [2.05, 4.69) is 10.2 Å². The van der Waals surface area contributed by atoms with Gasteiger partial charge in [0, 0.05) is 6.04 Å². The predicted molar refractivity (Wildman–Crippen MR) is 66.3 cm³/mol. The van der Waals surface area contributed by atoms with Crippen molar-refractivity contribution in [3.63, 3.8) is 0 Å². The van der Waals surface area contributed by atoms with Crippen LogP contribution in [0, 0.1) is 12.7 Å². The molecule has 1 fully saturated rings. The first-order chi connectivity index (χ1) is 8.72. The number of halogens is 1. The molecule has 94 valence electrons. The summed E-state index contributed by atoms with van der Waals surface area (Å²) in [6, 6.07) is 5.71. The molecule has 2 aromatic rings. The van der Waals surface area contributed by atoms with Crippen molar-refractivity contribution in [2.24, 2.45) is 5.73 Å². The SMILES string of the molecule is Cc1cccc(-c2nnc(CN)n2C2CC2)c1F. The van der Waals surface area contributed by atoms with Crippen LogP contribution in [0.5, 0.6) is 0 Å². The van der Waals surface area contributed by atoms with Crippen molar-refractivity contribution in [2.75, 3.05) is 0 Å². The van der Waals surface area contributed by atoms with Crippen LogP contribution in [0.25, 0.3) is 11.4 Å². The standard InChI is InChI=1S/C13H15FN4/c1-8-3-2-4-10(12(8)14)13-17-16-11(7-15)18(13)9-5-6-9/h2-4,9H,5-7,15H2,1H3. The number of benzene rings is 1. The van der Waals surface area contributed by atoms with Crippen LogP contribution in [-0.4, -0.2) is 14.8 Å². The average Bonchev–Trinajstić information content (AvgIpc) is 3.12. The molecule has 1 heterocycles. The third-order valence-corrected chi connectivity index (χ3v) is 3.29. The van der Waals surface area contributed by atoms with Crippen molar-refractivity contribution in [3.8, 4) is 11.4 Å². The molecule has 18 heavy (non-hydrogen) atoms. The molecule has 2 N–H and O–H groups in total. The van der Waals surface area contributed by atoms with Crippen molar-refractivity contribution >= 4 is 0 Å². The van der Waals surface area contributed by atoms with Crippen LogP contribution in [0.2, 0.25) is 0 Å². The lowest BCUT2D eigenvalue weighted by molar-refractivity contribution is 0.616. The van der Waals surface area contributed by atoms with Crippen molar-refractivity contribution in [1.29, 1.82) is 0 Å². The Hall–Kier alpha value is -1.75.